The summed E-state index contributed by atoms with van der Waals surface area (Å²) in [5, 5.41) is 1.35. The van der Waals surface area contributed by atoms with Crippen LogP contribution in [0.25, 0.3) is 0 Å². The molecule has 3 rings (SSSR count). The van der Waals surface area contributed by atoms with Crippen LogP contribution in [0.5, 0.6) is 0 Å². The number of benzene rings is 1. The van der Waals surface area contributed by atoms with Gasteiger partial charge in [-0.2, -0.15) is 0 Å². The highest BCUT2D eigenvalue weighted by molar-refractivity contribution is 7.13. The number of imide groups is 1. The van der Waals surface area contributed by atoms with Gasteiger partial charge in [-0.25, -0.2) is 9.78 Å². The van der Waals surface area contributed by atoms with E-state index in [9.17, 15) is 14.4 Å². The lowest BCUT2D eigenvalue weighted by atomic mass is 10.1. The minimum atomic E-state index is -0.741. The van der Waals surface area contributed by atoms with Crippen molar-refractivity contribution < 1.29 is 19.2 Å². The Hall–Kier alpha value is -2.54. The van der Waals surface area contributed by atoms with Crippen LogP contribution in [0, 0.1) is 12.8 Å². The van der Waals surface area contributed by atoms with E-state index in [1.807, 2.05) is 0 Å². The second-order valence-corrected chi connectivity index (χ2v) is 7.03. The normalized spacial score (nSPS) is 13.6. The third-order valence-corrected chi connectivity index (χ3v) is 4.70. The lowest BCUT2D eigenvalue weighted by Crippen LogP contribution is -2.32. The molecule has 0 saturated carbocycles. The molecule has 124 valence electrons. The van der Waals surface area contributed by atoms with Gasteiger partial charge < -0.3 is 4.84 Å². The fraction of sp³-hybridized carbons (Fsp3) is 0.294. The molecule has 0 atom stereocenters. The summed E-state index contributed by atoms with van der Waals surface area (Å²) in [5.41, 5.74) is 1.01. The fourth-order valence-electron chi connectivity index (χ4n) is 2.45. The summed E-state index contributed by atoms with van der Waals surface area (Å²) in [7, 11) is 0. The van der Waals surface area contributed by atoms with Crippen molar-refractivity contribution in [1.82, 2.24) is 10.0 Å². The van der Waals surface area contributed by atoms with E-state index in [0.29, 0.717) is 21.6 Å². The van der Waals surface area contributed by atoms with Crippen molar-refractivity contribution in [3.8, 4) is 0 Å². The quantitative estimate of drug-likeness (QED) is 0.797. The zero-order valence-corrected chi connectivity index (χ0v) is 14.3. The highest BCUT2D eigenvalue weighted by Crippen LogP contribution is 2.26. The average molecular weight is 344 g/mol. The number of amides is 2. The van der Waals surface area contributed by atoms with Crippen molar-refractivity contribution in [3.63, 3.8) is 0 Å². The average Bonchev–Trinajstić information content (AvgIpc) is 3.00. The van der Waals surface area contributed by atoms with Gasteiger partial charge in [0, 0.05) is 6.42 Å². The first kappa shape index (κ1) is 16.3. The lowest BCUT2D eigenvalue weighted by molar-refractivity contribution is -0.0581. The van der Waals surface area contributed by atoms with Gasteiger partial charge in [-0.05, 0) is 25.0 Å². The van der Waals surface area contributed by atoms with E-state index in [2.05, 4.69) is 18.8 Å². The molecule has 0 unspecified atom stereocenters. The molecule has 0 spiro atoms. The predicted octanol–water partition coefficient (Wildman–Crippen LogP) is 3.02. The monoisotopic (exact) mass is 344 g/mol. The maximum absolute atomic E-state index is 12.4. The van der Waals surface area contributed by atoms with E-state index in [1.165, 1.54) is 23.5 Å². The number of hydroxylamine groups is 2. The molecule has 0 N–H and O–H groups in total. The molecule has 2 heterocycles. The van der Waals surface area contributed by atoms with Crippen LogP contribution in [0.15, 0.2) is 24.3 Å². The number of aryl methyl sites for hydroxylation is 1. The molecule has 1 aliphatic heterocycles. The van der Waals surface area contributed by atoms with E-state index in [-0.39, 0.29) is 11.1 Å². The van der Waals surface area contributed by atoms with Crippen molar-refractivity contribution in [2.45, 2.75) is 27.2 Å². The molecule has 0 bridgehead atoms. The molecule has 7 heteroatoms. The second-order valence-electron chi connectivity index (χ2n) is 5.95. The maximum Gasteiger partial charge on any atom is 0.375 e. The molecule has 0 saturated heterocycles. The summed E-state index contributed by atoms with van der Waals surface area (Å²) in [4.78, 5) is 46.5. The van der Waals surface area contributed by atoms with Gasteiger partial charge >= 0.3 is 5.97 Å². The molecule has 2 amide bonds. The Kier molecular flexibility index (Phi) is 4.19. The van der Waals surface area contributed by atoms with E-state index >= 15 is 0 Å². The number of hydrogen-bond acceptors (Lipinski definition) is 6. The summed E-state index contributed by atoms with van der Waals surface area (Å²) in [6.07, 6.45) is 0.756. The maximum atomic E-state index is 12.4. The van der Waals surface area contributed by atoms with Crippen LogP contribution in [0.2, 0.25) is 0 Å². The van der Waals surface area contributed by atoms with Gasteiger partial charge in [0.25, 0.3) is 11.8 Å². The van der Waals surface area contributed by atoms with Crippen LogP contribution in [-0.4, -0.2) is 27.8 Å². The summed E-state index contributed by atoms with van der Waals surface area (Å²) >= 11 is 1.23. The van der Waals surface area contributed by atoms with Crippen molar-refractivity contribution in [3.05, 3.63) is 51.0 Å². The highest BCUT2D eigenvalue weighted by Gasteiger charge is 2.39. The fourth-order valence-corrected chi connectivity index (χ4v) is 3.60. The largest absolute Gasteiger partial charge is 0.375 e. The van der Waals surface area contributed by atoms with Crippen molar-refractivity contribution in [2.24, 2.45) is 5.92 Å². The molecule has 0 aliphatic carbocycles. The number of carbonyl (C=O) groups excluding carboxylic acids is 3. The highest BCUT2D eigenvalue weighted by atomic mass is 32.1. The number of thiazole rings is 1. The Balaban J connectivity index is 1.80. The predicted molar refractivity (Wildman–Crippen MR) is 87.8 cm³/mol. The second kappa shape index (κ2) is 6.16. The zero-order chi connectivity index (χ0) is 17.4. The molecule has 6 nitrogen and oxygen atoms in total. The van der Waals surface area contributed by atoms with Crippen LogP contribution in [0.1, 0.15) is 54.9 Å². The Morgan fingerprint density at radius 3 is 2.33 bits per heavy atom. The van der Waals surface area contributed by atoms with Gasteiger partial charge in [0.2, 0.25) is 0 Å². The van der Waals surface area contributed by atoms with Crippen LogP contribution >= 0.6 is 11.3 Å². The summed E-state index contributed by atoms with van der Waals surface area (Å²) in [6.45, 7) is 5.83. The Bertz CT molecular complexity index is 806. The number of carbonyl (C=O) groups is 3. The number of aromatic nitrogens is 1. The minimum absolute atomic E-state index is 0.233. The lowest BCUT2D eigenvalue weighted by Gasteiger charge is -2.11. The molecule has 1 aromatic heterocycles. The molecular weight excluding hydrogens is 328 g/mol. The van der Waals surface area contributed by atoms with Gasteiger partial charge in [-0.3, -0.25) is 9.59 Å². The van der Waals surface area contributed by atoms with Crippen LogP contribution < -0.4 is 0 Å². The summed E-state index contributed by atoms with van der Waals surface area (Å²) in [6, 6.07) is 6.37. The van der Waals surface area contributed by atoms with E-state index in [1.54, 1.807) is 19.1 Å². The Morgan fingerprint density at radius 1 is 1.21 bits per heavy atom. The summed E-state index contributed by atoms with van der Waals surface area (Å²) in [5.74, 6) is -1.59. The number of fused-ring (bicyclic) bond motifs is 1. The van der Waals surface area contributed by atoms with Crippen molar-refractivity contribution in [2.75, 3.05) is 0 Å². The van der Waals surface area contributed by atoms with E-state index in [0.717, 1.165) is 11.4 Å². The molecule has 1 aliphatic rings. The Morgan fingerprint density at radius 2 is 1.79 bits per heavy atom. The number of nitrogens with zero attached hydrogens (tertiary/aromatic N) is 2. The van der Waals surface area contributed by atoms with Crippen LogP contribution in [0.4, 0.5) is 0 Å². The van der Waals surface area contributed by atoms with Gasteiger partial charge in [0.05, 0.1) is 21.8 Å². The van der Waals surface area contributed by atoms with Gasteiger partial charge in [0.1, 0.15) is 4.88 Å². The molecule has 2 aromatic rings. The third kappa shape index (κ3) is 2.82. The number of rotatable bonds is 4. The van der Waals surface area contributed by atoms with Gasteiger partial charge in [-0.1, -0.05) is 31.0 Å². The Labute approximate surface area is 143 Å². The summed E-state index contributed by atoms with van der Waals surface area (Å²) < 4.78 is 0. The van der Waals surface area contributed by atoms with Crippen molar-refractivity contribution >= 4 is 29.1 Å². The first-order valence-corrected chi connectivity index (χ1v) is 8.36. The first-order chi connectivity index (χ1) is 11.4. The van der Waals surface area contributed by atoms with Crippen LogP contribution in [0.3, 0.4) is 0 Å². The molecule has 24 heavy (non-hydrogen) atoms. The molecule has 1 aromatic carbocycles. The molecular formula is C17H16N2O4S. The zero-order valence-electron chi connectivity index (χ0n) is 13.5. The minimum Gasteiger partial charge on any atom is -0.323 e. The smallest absolute Gasteiger partial charge is 0.323 e. The first-order valence-electron chi connectivity index (χ1n) is 7.55. The standard InChI is InChI=1S/C17H16N2O4S/c1-9(2)8-13-18-10(3)14(24-13)17(22)23-19-15(20)11-6-4-5-7-12(11)16(19)21/h4-7,9H,8H2,1-3H3. The van der Waals surface area contributed by atoms with Gasteiger partial charge in [0.15, 0.2) is 0 Å². The van der Waals surface area contributed by atoms with E-state index < -0.39 is 17.8 Å². The molecule has 0 fully saturated rings. The number of hydrogen-bond donors (Lipinski definition) is 0. The third-order valence-electron chi connectivity index (χ3n) is 3.54. The van der Waals surface area contributed by atoms with Gasteiger partial charge in [-0.15, -0.1) is 11.3 Å². The molecule has 0 radical (unpaired) electrons. The van der Waals surface area contributed by atoms with Crippen LogP contribution in [-0.2, 0) is 11.3 Å². The van der Waals surface area contributed by atoms with E-state index in [4.69, 9.17) is 4.84 Å². The topological polar surface area (TPSA) is 76.6 Å². The van der Waals surface area contributed by atoms with Crippen molar-refractivity contribution in [1.29, 1.82) is 0 Å². The SMILES string of the molecule is Cc1nc(CC(C)C)sc1C(=O)ON1C(=O)c2ccccc2C1=O.